The van der Waals surface area contributed by atoms with Crippen molar-refractivity contribution in [3.8, 4) is 5.75 Å². The molecule has 1 N–H and O–H groups in total. The van der Waals surface area contributed by atoms with Gasteiger partial charge in [-0.05, 0) is 24.6 Å². The Morgan fingerprint density at radius 1 is 1.38 bits per heavy atom. The van der Waals surface area contributed by atoms with E-state index in [1.807, 2.05) is 0 Å². The van der Waals surface area contributed by atoms with Gasteiger partial charge in [0, 0.05) is 12.6 Å². The van der Waals surface area contributed by atoms with Gasteiger partial charge in [-0.15, -0.1) is 0 Å². The van der Waals surface area contributed by atoms with Crippen molar-refractivity contribution in [1.29, 1.82) is 0 Å². The molecule has 8 heteroatoms. The van der Waals surface area contributed by atoms with Gasteiger partial charge in [-0.2, -0.15) is 0 Å². The van der Waals surface area contributed by atoms with Gasteiger partial charge in [-0.1, -0.05) is 0 Å². The summed E-state index contributed by atoms with van der Waals surface area (Å²) in [5.74, 6) is -0.405. The lowest BCUT2D eigenvalue weighted by atomic mass is 10.2. The second-order valence-corrected chi connectivity index (χ2v) is 6.25. The van der Waals surface area contributed by atoms with Crippen LogP contribution in [0.2, 0.25) is 0 Å². The third-order valence-electron chi connectivity index (χ3n) is 3.14. The van der Waals surface area contributed by atoms with E-state index >= 15 is 0 Å². The van der Waals surface area contributed by atoms with Gasteiger partial charge in [0.05, 0.1) is 25.7 Å². The highest BCUT2D eigenvalue weighted by atomic mass is 32.2. The Kier molecular flexibility index (Phi) is 4.81. The molecule has 7 nitrogen and oxygen atoms in total. The van der Waals surface area contributed by atoms with Crippen LogP contribution in [0.25, 0.3) is 0 Å². The van der Waals surface area contributed by atoms with Crippen LogP contribution >= 0.6 is 0 Å². The van der Waals surface area contributed by atoms with Crippen LogP contribution in [0.3, 0.4) is 0 Å². The lowest BCUT2D eigenvalue weighted by Gasteiger charge is -2.13. The Hall–Kier alpha value is -1.64. The van der Waals surface area contributed by atoms with E-state index in [1.165, 1.54) is 32.4 Å². The smallest absolute Gasteiger partial charge is 0.341 e. The number of hydrogen-bond acceptors (Lipinski definition) is 6. The van der Waals surface area contributed by atoms with Crippen LogP contribution in [0.1, 0.15) is 16.8 Å². The maximum absolute atomic E-state index is 12.3. The summed E-state index contributed by atoms with van der Waals surface area (Å²) < 4.78 is 41.9. The summed E-state index contributed by atoms with van der Waals surface area (Å²) in [4.78, 5) is 11.7. The van der Waals surface area contributed by atoms with Crippen molar-refractivity contribution in [1.82, 2.24) is 4.72 Å². The van der Waals surface area contributed by atoms with E-state index in [4.69, 9.17) is 9.47 Å². The maximum Gasteiger partial charge on any atom is 0.341 e. The zero-order valence-corrected chi connectivity index (χ0v) is 12.6. The molecule has 0 aromatic heterocycles. The summed E-state index contributed by atoms with van der Waals surface area (Å²) in [6.07, 6.45) is 0.624. The maximum atomic E-state index is 12.3. The van der Waals surface area contributed by atoms with Gasteiger partial charge < -0.3 is 14.2 Å². The van der Waals surface area contributed by atoms with Crippen molar-refractivity contribution >= 4 is 16.0 Å². The minimum atomic E-state index is -3.73. The van der Waals surface area contributed by atoms with Gasteiger partial charge in [0.25, 0.3) is 0 Å². The molecule has 0 radical (unpaired) electrons. The molecule has 0 saturated carbocycles. The average Bonchev–Trinajstić information content (AvgIpc) is 2.97. The molecule has 1 aliphatic rings. The molecule has 1 aromatic rings. The molecule has 1 atom stereocenters. The number of sulfonamides is 1. The molecule has 116 valence electrons. The quantitative estimate of drug-likeness (QED) is 0.798. The molecule has 1 unspecified atom stereocenters. The van der Waals surface area contributed by atoms with Crippen LogP contribution in [0.15, 0.2) is 23.1 Å². The Bertz CT molecular complexity index is 622. The second-order valence-electron chi connectivity index (χ2n) is 4.54. The van der Waals surface area contributed by atoms with Crippen LogP contribution in [-0.4, -0.2) is 47.9 Å². The normalized spacial score (nSPS) is 18.5. The van der Waals surface area contributed by atoms with Crippen molar-refractivity contribution < 1.29 is 27.4 Å². The Balaban J connectivity index is 2.32. The van der Waals surface area contributed by atoms with E-state index in [2.05, 4.69) is 9.46 Å². The summed E-state index contributed by atoms with van der Waals surface area (Å²) >= 11 is 0. The van der Waals surface area contributed by atoms with E-state index < -0.39 is 16.0 Å². The fraction of sp³-hybridized carbons (Fsp3) is 0.462. The fourth-order valence-electron chi connectivity index (χ4n) is 2.04. The predicted molar refractivity (Wildman–Crippen MR) is 73.9 cm³/mol. The Morgan fingerprint density at radius 3 is 2.71 bits per heavy atom. The fourth-order valence-corrected chi connectivity index (χ4v) is 3.32. The third kappa shape index (κ3) is 3.52. The first-order valence-electron chi connectivity index (χ1n) is 6.34. The summed E-state index contributed by atoms with van der Waals surface area (Å²) in [5.41, 5.74) is 0.0607. The first-order valence-corrected chi connectivity index (χ1v) is 7.82. The highest BCUT2D eigenvalue weighted by Crippen LogP contribution is 2.23. The van der Waals surface area contributed by atoms with Crippen LogP contribution < -0.4 is 9.46 Å². The number of methoxy groups -OCH3 is 2. The van der Waals surface area contributed by atoms with E-state index in [1.54, 1.807) is 0 Å². The molecular formula is C13H17NO6S. The van der Waals surface area contributed by atoms with Gasteiger partial charge in [-0.3, -0.25) is 0 Å². The standard InChI is InChI=1S/C13H17NO6S/c1-18-12-4-3-10(7-11(12)13(15)19-2)21(16,17)14-9-5-6-20-8-9/h3-4,7,9,14H,5-6,8H2,1-2H3. The van der Waals surface area contributed by atoms with Crippen LogP contribution in [0, 0.1) is 0 Å². The molecule has 0 spiro atoms. The van der Waals surface area contributed by atoms with Crippen molar-refractivity contribution in [3.05, 3.63) is 23.8 Å². The van der Waals surface area contributed by atoms with Gasteiger partial charge in [-0.25, -0.2) is 17.9 Å². The molecule has 1 aromatic carbocycles. The lowest BCUT2D eigenvalue weighted by Crippen LogP contribution is -2.35. The number of benzene rings is 1. The molecule has 0 amide bonds. The minimum Gasteiger partial charge on any atom is -0.496 e. The molecule has 1 heterocycles. The Morgan fingerprint density at radius 2 is 2.14 bits per heavy atom. The van der Waals surface area contributed by atoms with E-state index in [9.17, 15) is 13.2 Å². The van der Waals surface area contributed by atoms with Gasteiger partial charge in [0.1, 0.15) is 11.3 Å². The Labute approximate surface area is 123 Å². The first-order chi connectivity index (χ1) is 9.97. The van der Waals surface area contributed by atoms with Gasteiger partial charge in [0.2, 0.25) is 10.0 Å². The minimum absolute atomic E-state index is 0.0180. The SMILES string of the molecule is COC(=O)c1cc(S(=O)(=O)NC2CCOC2)ccc1OC. The number of carbonyl (C=O) groups excluding carboxylic acids is 1. The molecule has 21 heavy (non-hydrogen) atoms. The van der Waals surface area contributed by atoms with Crippen LogP contribution in [0.4, 0.5) is 0 Å². The topological polar surface area (TPSA) is 90.9 Å². The molecule has 0 bridgehead atoms. The van der Waals surface area contributed by atoms with Crippen LogP contribution in [-0.2, 0) is 19.5 Å². The number of ether oxygens (including phenoxy) is 3. The van der Waals surface area contributed by atoms with Gasteiger partial charge in [0.15, 0.2) is 0 Å². The number of hydrogen-bond donors (Lipinski definition) is 1. The predicted octanol–water partition coefficient (Wildman–Crippen LogP) is 0.549. The molecule has 1 saturated heterocycles. The van der Waals surface area contributed by atoms with Crippen molar-refractivity contribution in [2.75, 3.05) is 27.4 Å². The highest BCUT2D eigenvalue weighted by molar-refractivity contribution is 7.89. The summed E-state index contributed by atoms with van der Waals surface area (Å²) in [7, 11) is -1.11. The zero-order chi connectivity index (χ0) is 15.5. The van der Waals surface area contributed by atoms with Crippen LogP contribution in [0.5, 0.6) is 5.75 Å². The van der Waals surface area contributed by atoms with Crippen molar-refractivity contribution in [2.45, 2.75) is 17.4 Å². The largest absolute Gasteiger partial charge is 0.496 e. The number of nitrogens with one attached hydrogen (secondary N) is 1. The highest BCUT2D eigenvalue weighted by Gasteiger charge is 2.25. The molecule has 1 fully saturated rings. The second kappa shape index (κ2) is 6.42. The van der Waals surface area contributed by atoms with E-state index in [0.29, 0.717) is 19.6 Å². The molecule has 1 aliphatic heterocycles. The molecule has 2 rings (SSSR count). The monoisotopic (exact) mass is 315 g/mol. The van der Waals surface area contributed by atoms with Gasteiger partial charge >= 0.3 is 5.97 Å². The zero-order valence-electron chi connectivity index (χ0n) is 11.8. The molecule has 0 aliphatic carbocycles. The summed E-state index contributed by atoms with van der Waals surface area (Å²) in [5, 5.41) is 0. The summed E-state index contributed by atoms with van der Waals surface area (Å²) in [6.45, 7) is 0.877. The number of rotatable bonds is 5. The average molecular weight is 315 g/mol. The lowest BCUT2D eigenvalue weighted by molar-refractivity contribution is 0.0597. The summed E-state index contributed by atoms with van der Waals surface area (Å²) in [6, 6.07) is 3.79. The van der Waals surface area contributed by atoms with E-state index in [0.717, 1.165) is 0 Å². The number of carbonyl (C=O) groups is 1. The third-order valence-corrected chi connectivity index (χ3v) is 4.66. The molecular weight excluding hydrogens is 298 g/mol. The van der Waals surface area contributed by atoms with E-state index in [-0.39, 0.29) is 22.3 Å². The number of esters is 1. The van der Waals surface area contributed by atoms with Crippen molar-refractivity contribution in [3.63, 3.8) is 0 Å². The van der Waals surface area contributed by atoms with Crippen molar-refractivity contribution in [2.24, 2.45) is 0 Å². The first kappa shape index (κ1) is 15.7.